The van der Waals surface area contributed by atoms with E-state index in [9.17, 15) is 24.4 Å². The molecule has 1 aliphatic heterocycles. The smallest absolute Gasteiger partial charge is 0.387 e. The van der Waals surface area contributed by atoms with Crippen LogP contribution in [0.5, 0.6) is 0 Å². The average molecular weight is 542 g/mol. The number of allylic oxidation sites excluding steroid dienone is 4. The van der Waals surface area contributed by atoms with Gasteiger partial charge in [-0.2, -0.15) is 0 Å². The second-order valence-electron chi connectivity index (χ2n) is 7.75. The van der Waals surface area contributed by atoms with E-state index in [4.69, 9.17) is 26.1 Å². The first kappa shape index (κ1) is 27.9. The number of phosphoric acid groups is 1. The summed E-state index contributed by atoms with van der Waals surface area (Å²) < 4.78 is 22.4. The summed E-state index contributed by atoms with van der Waals surface area (Å²) in [5.41, 5.74) is -0.0920. The third-order valence-corrected chi connectivity index (χ3v) is 6.38. The highest BCUT2D eigenvalue weighted by Crippen LogP contribution is 2.38. The van der Waals surface area contributed by atoms with E-state index in [0.717, 1.165) is 27.0 Å². The maximum Gasteiger partial charge on any atom is 0.469 e. The van der Waals surface area contributed by atoms with Crippen molar-refractivity contribution in [3.63, 3.8) is 0 Å². The van der Waals surface area contributed by atoms with Gasteiger partial charge in [-0.1, -0.05) is 48.0 Å². The number of aliphatic hydroxyl groups is 2. The minimum atomic E-state index is -4.87. The van der Waals surface area contributed by atoms with Gasteiger partial charge < -0.3 is 24.7 Å². The van der Waals surface area contributed by atoms with Gasteiger partial charge in [0.1, 0.15) is 18.3 Å². The molecule has 12 nitrogen and oxygen atoms in total. The maximum atomic E-state index is 13.2. The Morgan fingerprint density at radius 3 is 2.47 bits per heavy atom. The number of aliphatic imine (C=N–C) groups is 1. The molecule has 1 aromatic carbocycles. The van der Waals surface area contributed by atoms with Crippen LogP contribution in [-0.2, 0) is 20.4 Å². The summed E-state index contributed by atoms with van der Waals surface area (Å²) in [6.45, 7) is 4.16. The lowest BCUT2D eigenvalue weighted by Crippen LogP contribution is -2.43. The van der Waals surface area contributed by atoms with Gasteiger partial charge in [-0.15, -0.1) is 0 Å². The number of aromatic nitrogens is 2. The number of benzene rings is 1. The van der Waals surface area contributed by atoms with Gasteiger partial charge in [0.05, 0.1) is 23.9 Å². The van der Waals surface area contributed by atoms with Gasteiger partial charge >= 0.3 is 13.5 Å². The zero-order chi connectivity index (χ0) is 26.6. The van der Waals surface area contributed by atoms with E-state index in [1.165, 1.54) is 0 Å². The van der Waals surface area contributed by atoms with Gasteiger partial charge in [-0.25, -0.2) is 9.36 Å². The van der Waals surface area contributed by atoms with E-state index < -0.39 is 50.2 Å². The molecule has 14 heteroatoms. The Morgan fingerprint density at radius 2 is 1.89 bits per heavy atom. The topological polar surface area (TPSA) is 173 Å². The van der Waals surface area contributed by atoms with Crippen molar-refractivity contribution < 1.29 is 33.8 Å². The highest BCUT2D eigenvalue weighted by Gasteiger charge is 2.45. The highest BCUT2D eigenvalue weighted by molar-refractivity contribution is 7.46. The molecule has 0 amide bonds. The van der Waals surface area contributed by atoms with E-state index >= 15 is 0 Å². The molecule has 1 aliphatic rings. The first-order valence-electron chi connectivity index (χ1n) is 10.6. The van der Waals surface area contributed by atoms with Crippen molar-refractivity contribution in [2.45, 2.75) is 38.0 Å². The maximum absolute atomic E-state index is 13.2. The molecule has 2 unspecified atom stereocenters. The Hall–Kier alpha value is -2.67. The summed E-state index contributed by atoms with van der Waals surface area (Å²) in [5.74, 6) is 0. The van der Waals surface area contributed by atoms with Gasteiger partial charge in [0.25, 0.3) is 5.56 Å². The average Bonchev–Trinajstić information content (AvgIpc) is 3.12. The van der Waals surface area contributed by atoms with E-state index in [1.807, 2.05) is 30.3 Å². The molecule has 1 saturated heterocycles. The standard InChI is InChI=1S/C22H25ClN3O9P/c1-3-14(13-7-5-4-6-8-13)18(23)15(24-2)11-26-17(27)9-10-25(22(26)30)21-20(29)19(28)16(35-21)12-34-36(31,32)33/h3-10,16,19-21,28-29H,2,11-12H2,1H3,(H2,31,32,33)/b14-3-,18-15+/t16-,19?,20?,21-/m1/s1. The summed E-state index contributed by atoms with van der Waals surface area (Å²) in [7, 11) is -4.87. The molecule has 4 atom stereocenters. The Balaban J connectivity index is 1.95. The Labute approximate surface area is 210 Å². The van der Waals surface area contributed by atoms with Crippen molar-refractivity contribution in [2.75, 3.05) is 6.61 Å². The summed E-state index contributed by atoms with van der Waals surface area (Å²) in [4.78, 5) is 47.4. The fraction of sp³-hybridized carbons (Fsp3) is 0.318. The normalized spacial score (nSPS) is 23.4. The third kappa shape index (κ3) is 6.17. The number of hydrogen-bond donors (Lipinski definition) is 4. The van der Waals surface area contributed by atoms with E-state index in [-0.39, 0.29) is 17.3 Å². The van der Waals surface area contributed by atoms with Crippen LogP contribution in [0.25, 0.3) is 5.57 Å². The minimum absolute atomic E-state index is 0.131. The number of ether oxygens (including phenoxy) is 1. The molecule has 2 aromatic rings. The molecule has 1 fully saturated rings. The SMILES string of the molecule is C=N/C(Cn1c(=O)ccn([C@@H]2O[C@H](COP(=O)(O)O)C(O)C2O)c1=O)=C(Cl)\C(=C/C)c1ccccc1. The summed E-state index contributed by atoms with van der Waals surface area (Å²) in [6.07, 6.45) is -3.30. The lowest BCUT2D eigenvalue weighted by Gasteiger charge is -2.19. The predicted octanol–water partition coefficient (Wildman–Crippen LogP) is 0.993. The first-order valence-corrected chi connectivity index (χ1v) is 12.5. The van der Waals surface area contributed by atoms with Crippen LogP contribution in [0.1, 0.15) is 18.7 Å². The van der Waals surface area contributed by atoms with Crippen LogP contribution in [0, 0.1) is 0 Å². The summed E-state index contributed by atoms with van der Waals surface area (Å²) in [5, 5.41) is 20.8. The van der Waals surface area contributed by atoms with Crippen molar-refractivity contribution in [1.82, 2.24) is 9.13 Å². The number of hydrogen-bond acceptors (Lipinski definition) is 8. The van der Waals surface area contributed by atoms with Crippen molar-refractivity contribution >= 4 is 31.7 Å². The van der Waals surface area contributed by atoms with Gasteiger partial charge in [0.2, 0.25) is 0 Å². The second kappa shape index (κ2) is 11.6. The van der Waals surface area contributed by atoms with E-state index in [2.05, 4.69) is 16.2 Å². The molecule has 3 rings (SSSR count). The predicted molar refractivity (Wildman–Crippen MR) is 131 cm³/mol. The monoisotopic (exact) mass is 541 g/mol. The number of phosphoric ester groups is 1. The summed E-state index contributed by atoms with van der Waals surface area (Å²) >= 11 is 6.58. The largest absolute Gasteiger partial charge is 0.469 e. The number of aliphatic hydroxyl groups excluding tert-OH is 2. The van der Waals surface area contributed by atoms with Crippen molar-refractivity contribution in [1.29, 1.82) is 0 Å². The number of halogens is 1. The molecule has 4 N–H and O–H groups in total. The van der Waals surface area contributed by atoms with Crippen LogP contribution in [0.15, 0.2) is 74.0 Å². The van der Waals surface area contributed by atoms with Gasteiger partial charge in [-0.05, 0) is 24.8 Å². The molecule has 2 heterocycles. The number of nitrogens with zero attached hydrogens (tertiary/aromatic N) is 3. The molecular formula is C22H25ClN3O9P. The molecule has 194 valence electrons. The van der Waals surface area contributed by atoms with Gasteiger partial charge in [-0.3, -0.25) is 23.4 Å². The zero-order valence-corrected chi connectivity index (χ0v) is 20.7. The molecule has 36 heavy (non-hydrogen) atoms. The molecule has 1 aromatic heterocycles. The van der Waals surface area contributed by atoms with E-state index in [0.29, 0.717) is 5.57 Å². The van der Waals surface area contributed by atoms with Crippen LogP contribution in [-0.4, -0.2) is 60.8 Å². The van der Waals surface area contributed by atoms with Gasteiger partial charge in [0.15, 0.2) is 6.23 Å². The zero-order valence-electron chi connectivity index (χ0n) is 19.0. The molecule has 0 aliphatic carbocycles. The molecule has 0 radical (unpaired) electrons. The molecular weight excluding hydrogens is 517 g/mol. The van der Waals surface area contributed by atoms with E-state index in [1.54, 1.807) is 13.0 Å². The molecule has 0 saturated carbocycles. The Morgan fingerprint density at radius 1 is 1.22 bits per heavy atom. The van der Waals surface area contributed by atoms with Crippen LogP contribution < -0.4 is 11.2 Å². The molecule has 0 bridgehead atoms. The summed E-state index contributed by atoms with van der Waals surface area (Å²) in [6, 6.07) is 10.2. The fourth-order valence-corrected chi connectivity index (χ4v) is 4.35. The number of rotatable bonds is 9. The van der Waals surface area contributed by atoms with Crippen molar-refractivity contribution in [3.05, 3.63) is 85.8 Å². The fourth-order valence-electron chi connectivity index (χ4n) is 3.67. The third-order valence-electron chi connectivity index (χ3n) is 5.48. The highest BCUT2D eigenvalue weighted by atomic mass is 35.5. The lowest BCUT2D eigenvalue weighted by molar-refractivity contribution is -0.0548. The lowest BCUT2D eigenvalue weighted by atomic mass is 10.0. The van der Waals surface area contributed by atoms with Crippen LogP contribution in [0.3, 0.4) is 0 Å². The Bertz CT molecular complexity index is 1330. The second-order valence-corrected chi connectivity index (χ2v) is 9.37. The first-order chi connectivity index (χ1) is 17.0. The Kier molecular flexibility index (Phi) is 8.98. The van der Waals surface area contributed by atoms with Crippen LogP contribution >= 0.6 is 19.4 Å². The van der Waals surface area contributed by atoms with Gasteiger partial charge in [0, 0.05) is 12.3 Å². The minimum Gasteiger partial charge on any atom is -0.387 e. The molecule has 0 spiro atoms. The van der Waals surface area contributed by atoms with Crippen LogP contribution in [0.2, 0.25) is 0 Å². The quantitative estimate of drug-likeness (QED) is 0.205. The van der Waals surface area contributed by atoms with Crippen molar-refractivity contribution in [3.8, 4) is 0 Å². The van der Waals surface area contributed by atoms with Crippen LogP contribution in [0.4, 0.5) is 0 Å². The van der Waals surface area contributed by atoms with Crippen molar-refractivity contribution in [2.24, 2.45) is 4.99 Å².